The first-order chi connectivity index (χ1) is 15.1. The lowest BCUT2D eigenvalue weighted by Gasteiger charge is -2.31. The summed E-state index contributed by atoms with van der Waals surface area (Å²) in [5.41, 5.74) is 0.672. The predicted octanol–water partition coefficient (Wildman–Crippen LogP) is 4.66. The van der Waals surface area contributed by atoms with Gasteiger partial charge in [-0.15, -0.1) is 0 Å². The minimum Gasteiger partial charge on any atom is -0.302 e. The summed E-state index contributed by atoms with van der Waals surface area (Å²) >= 11 is 1.35. The van der Waals surface area contributed by atoms with Gasteiger partial charge in [0.2, 0.25) is 15.9 Å². The van der Waals surface area contributed by atoms with Crippen LogP contribution in [-0.2, 0) is 21.0 Å². The fourth-order valence-corrected chi connectivity index (χ4v) is 6.36. The minimum atomic E-state index is -4.78. The van der Waals surface area contributed by atoms with Gasteiger partial charge in [-0.3, -0.25) is 4.79 Å². The number of aromatic nitrogens is 1. The first-order valence-electron chi connectivity index (χ1n) is 9.90. The van der Waals surface area contributed by atoms with Crippen LogP contribution in [0.2, 0.25) is 0 Å². The SMILES string of the molecule is Cc1ccc2nc(NC(=O)C3CCN(S(=O)(=O)c4ccccc4C(F)(F)F)CC3)sc2c1. The van der Waals surface area contributed by atoms with Crippen LogP contribution >= 0.6 is 11.3 Å². The number of nitrogens with zero attached hydrogens (tertiary/aromatic N) is 2. The highest BCUT2D eigenvalue weighted by Gasteiger charge is 2.40. The fourth-order valence-electron chi connectivity index (χ4n) is 3.72. The lowest BCUT2D eigenvalue weighted by molar-refractivity contribution is -0.139. The van der Waals surface area contributed by atoms with Gasteiger partial charge in [0.1, 0.15) is 0 Å². The van der Waals surface area contributed by atoms with E-state index in [1.807, 2.05) is 25.1 Å². The topological polar surface area (TPSA) is 79.4 Å². The summed E-state index contributed by atoms with van der Waals surface area (Å²) in [7, 11) is -4.33. The van der Waals surface area contributed by atoms with E-state index in [0.717, 1.165) is 38.3 Å². The van der Waals surface area contributed by atoms with Crippen LogP contribution in [0.15, 0.2) is 47.4 Å². The van der Waals surface area contributed by atoms with Crippen molar-refractivity contribution >= 4 is 42.6 Å². The Bertz CT molecular complexity index is 1260. The number of aryl methyl sites for hydroxylation is 1. The first-order valence-corrected chi connectivity index (χ1v) is 12.2. The number of amides is 1. The number of carbonyl (C=O) groups is 1. The number of hydrogen-bond acceptors (Lipinski definition) is 5. The number of alkyl halides is 3. The van der Waals surface area contributed by atoms with Crippen molar-refractivity contribution < 1.29 is 26.4 Å². The Balaban J connectivity index is 1.44. The van der Waals surface area contributed by atoms with Gasteiger partial charge in [-0.05, 0) is 49.6 Å². The van der Waals surface area contributed by atoms with E-state index in [9.17, 15) is 26.4 Å². The number of benzene rings is 2. The Hall–Kier alpha value is -2.50. The molecular weight excluding hydrogens is 463 g/mol. The van der Waals surface area contributed by atoms with Crippen LogP contribution in [0.3, 0.4) is 0 Å². The highest BCUT2D eigenvalue weighted by molar-refractivity contribution is 7.89. The van der Waals surface area contributed by atoms with Crippen LogP contribution < -0.4 is 5.32 Å². The van der Waals surface area contributed by atoms with Crippen molar-refractivity contribution in [3.05, 3.63) is 53.6 Å². The molecule has 1 N–H and O–H groups in total. The van der Waals surface area contributed by atoms with Gasteiger partial charge in [-0.25, -0.2) is 13.4 Å². The number of halogens is 3. The van der Waals surface area contributed by atoms with Gasteiger partial charge < -0.3 is 5.32 Å². The second-order valence-corrected chi connectivity index (χ2v) is 10.6. The molecule has 170 valence electrons. The van der Waals surface area contributed by atoms with Crippen LogP contribution in [0.4, 0.5) is 18.3 Å². The van der Waals surface area contributed by atoms with Crippen LogP contribution in [0.1, 0.15) is 24.0 Å². The second-order valence-electron chi connectivity index (χ2n) is 7.65. The Morgan fingerprint density at radius 1 is 1.16 bits per heavy atom. The van der Waals surface area contributed by atoms with E-state index in [1.54, 1.807) is 0 Å². The zero-order valence-corrected chi connectivity index (χ0v) is 18.6. The molecule has 0 unspecified atom stereocenters. The number of sulfonamides is 1. The Morgan fingerprint density at radius 2 is 1.84 bits per heavy atom. The molecule has 1 aliphatic rings. The normalized spacial score (nSPS) is 16.4. The standard InChI is InChI=1S/C21H20F3N3O3S2/c1-13-6-7-16-17(12-13)31-20(25-16)26-19(28)14-8-10-27(11-9-14)32(29,30)18-5-3-2-4-15(18)21(22,23)24/h2-7,12,14H,8-11H2,1H3,(H,25,26,28). The number of thiazole rings is 1. The first kappa shape index (κ1) is 22.7. The third-order valence-corrected chi connectivity index (χ3v) is 8.30. The lowest BCUT2D eigenvalue weighted by atomic mass is 9.97. The average molecular weight is 484 g/mol. The summed E-state index contributed by atoms with van der Waals surface area (Å²) in [5, 5.41) is 3.25. The smallest absolute Gasteiger partial charge is 0.302 e. The van der Waals surface area contributed by atoms with E-state index in [4.69, 9.17) is 0 Å². The fraction of sp³-hybridized carbons (Fsp3) is 0.333. The summed E-state index contributed by atoms with van der Waals surface area (Å²) < 4.78 is 67.5. The monoisotopic (exact) mass is 483 g/mol. The molecule has 11 heteroatoms. The molecule has 4 rings (SSSR count). The molecule has 0 atom stereocenters. The van der Waals surface area contributed by atoms with Gasteiger partial charge in [0.15, 0.2) is 5.13 Å². The van der Waals surface area contributed by atoms with Crippen molar-refractivity contribution in [3.8, 4) is 0 Å². The van der Waals surface area contributed by atoms with E-state index in [-0.39, 0.29) is 31.8 Å². The molecule has 1 saturated heterocycles. The zero-order valence-electron chi connectivity index (χ0n) is 17.0. The molecule has 32 heavy (non-hydrogen) atoms. The van der Waals surface area contributed by atoms with E-state index in [1.165, 1.54) is 17.4 Å². The van der Waals surface area contributed by atoms with E-state index in [0.29, 0.717) is 5.13 Å². The van der Waals surface area contributed by atoms with Crippen LogP contribution in [0, 0.1) is 12.8 Å². The molecule has 1 fully saturated rings. The molecule has 6 nitrogen and oxygen atoms in total. The second kappa shape index (κ2) is 8.45. The van der Waals surface area contributed by atoms with E-state index in [2.05, 4.69) is 10.3 Å². The highest BCUT2D eigenvalue weighted by Crippen LogP contribution is 2.36. The summed E-state index contributed by atoms with van der Waals surface area (Å²) in [6, 6.07) is 9.92. The highest BCUT2D eigenvalue weighted by atomic mass is 32.2. The largest absolute Gasteiger partial charge is 0.417 e. The van der Waals surface area contributed by atoms with Crippen molar-refractivity contribution in [2.45, 2.75) is 30.8 Å². The summed E-state index contributed by atoms with van der Waals surface area (Å²) in [6.07, 6.45) is -4.36. The van der Waals surface area contributed by atoms with Crippen molar-refractivity contribution in [1.82, 2.24) is 9.29 Å². The number of carbonyl (C=O) groups excluding carboxylic acids is 1. The van der Waals surface area contributed by atoms with Gasteiger partial charge in [-0.1, -0.05) is 29.5 Å². The minimum absolute atomic E-state index is 0.0361. The van der Waals surface area contributed by atoms with Gasteiger partial charge in [0.25, 0.3) is 0 Å². The molecule has 1 aliphatic heterocycles. The maximum Gasteiger partial charge on any atom is 0.417 e. The summed E-state index contributed by atoms with van der Waals surface area (Å²) in [5.74, 6) is -0.721. The van der Waals surface area contributed by atoms with Gasteiger partial charge in [0.05, 0.1) is 20.7 Å². The predicted molar refractivity (Wildman–Crippen MR) is 116 cm³/mol. The molecule has 1 aromatic heterocycles. The molecule has 2 aromatic carbocycles. The molecule has 0 aliphatic carbocycles. The van der Waals surface area contributed by atoms with Crippen LogP contribution in [0.25, 0.3) is 10.2 Å². The number of nitrogens with one attached hydrogen (secondary N) is 1. The Morgan fingerprint density at radius 3 is 2.53 bits per heavy atom. The molecule has 0 saturated carbocycles. The molecule has 0 radical (unpaired) electrons. The Labute approximate surface area is 187 Å². The maximum absolute atomic E-state index is 13.3. The summed E-state index contributed by atoms with van der Waals surface area (Å²) in [6.45, 7) is 1.89. The quantitative estimate of drug-likeness (QED) is 0.585. The van der Waals surface area contributed by atoms with Crippen molar-refractivity contribution in [2.75, 3.05) is 18.4 Å². The molecule has 0 spiro atoms. The van der Waals surface area contributed by atoms with Crippen LogP contribution in [-0.4, -0.2) is 36.7 Å². The molecule has 1 amide bonds. The van der Waals surface area contributed by atoms with E-state index >= 15 is 0 Å². The number of hydrogen-bond donors (Lipinski definition) is 1. The third kappa shape index (κ3) is 4.50. The average Bonchev–Trinajstić information content (AvgIpc) is 3.14. The number of piperidine rings is 1. The summed E-state index contributed by atoms with van der Waals surface area (Å²) in [4.78, 5) is 16.3. The molecule has 2 heterocycles. The van der Waals surface area contributed by atoms with Crippen molar-refractivity contribution in [2.24, 2.45) is 5.92 Å². The Kier molecular flexibility index (Phi) is 5.99. The number of rotatable bonds is 4. The molecule has 0 bridgehead atoms. The van der Waals surface area contributed by atoms with Gasteiger partial charge >= 0.3 is 6.18 Å². The van der Waals surface area contributed by atoms with E-state index < -0.39 is 32.6 Å². The van der Waals surface area contributed by atoms with Crippen LogP contribution in [0.5, 0.6) is 0 Å². The number of fused-ring (bicyclic) bond motifs is 1. The number of anilines is 1. The molecular formula is C21H20F3N3O3S2. The van der Waals surface area contributed by atoms with Gasteiger partial charge in [-0.2, -0.15) is 17.5 Å². The molecule has 3 aromatic rings. The van der Waals surface area contributed by atoms with Crippen molar-refractivity contribution in [3.63, 3.8) is 0 Å². The zero-order chi connectivity index (χ0) is 23.1. The maximum atomic E-state index is 13.3. The van der Waals surface area contributed by atoms with Gasteiger partial charge in [0, 0.05) is 19.0 Å². The third-order valence-electron chi connectivity index (χ3n) is 5.41. The lowest BCUT2D eigenvalue weighted by Crippen LogP contribution is -2.41. The van der Waals surface area contributed by atoms with Crippen molar-refractivity contribution in [1.29, 1.82) is 0 Å².